The molecule has 0 aromatic carbocycles. The van der Waals surface area contributed by atoms with Gasteiger partial charge in [-0.1, -0.05) is 0 Å². The molecule has 2 aromatic heterocycles. The molecule has 0 amide bonds. The van der Waals surface area contributed by atoms with Crippen LogP contribution >= 0.6 is 11.3 Å². The van der Waals surface area contributed by atoms with Crippen LogP contribution < -0.4 is 5.32 Å². The lowest BCUT2D eigenvalue weighted by molar-refractivity contribution is 0.456. The van der Waals surface area contributed by atoms with Crippen molar-refractivity contribution in [3.63, 3.8) is 0 Å². The fourth-order valence-corrected chi connectivity index (χ4v) is 4.31. The molecule has 0 atom stereocenters. The molecule has 0 saturated heterocycles. The summed E-state index contributed by atoms with van der Waals surface area (Å²) >= 11 is 1.45. The van der Waals surface area contributed by atoms with Crippen LogP contribution in [0.4, 0.5) is 0 Å². The second-order valence-corrected chi connectivity index (χ2v) is 7.49. The number of aryl methyl sites for hydroxylation is 2. The number of nitrogens with zero attached hydrogens (tertiary/aromatic N) is 2. The normalized spacial score (nSPS) is 12.2. The number of nitrogens with one attached hydrogen (secondary N) is 1. The van der Waals surface area contributed by atoms with Crippen LogP contribution in [0.5, 0.6) is 0 Å². The van der Waals surface area contributed by atoms with Crippen LogP contribution in [0, 0.1) is 13.8 Å². The molecule has 6 nitrogen and oxygen atoms in total. The van der Waals surface area contributed by atoms with Crippen molar-refractivity contribution in [3.8, 4) is 0 Å². The molecule has 0 saturated carbocycles. The van der Waals surface area contributed by atoms with Gasteiger partial charge in [-0.2, -0.15) is 4.31 Å². The Morgan fingerprint density at radius 2 is 2.10 bits per heavy atom. The SMILES string of the molecule is CNCc1c(C)oc(C)c1S(=O)(=O)N(C)Cc1cscn1. The van der Waals surface area contributed by atoms with Crippen LogP contribution in [0.3, 0.4) is 0 Å². The highest BCUT2D eigenvalue weighted by molar-refractivity contribution is 7.89. The Morgan fingerprint density at radius 3 is 2.67 bits per heavy atom. The van der Waals surface area contributed by atoms with E-state index < -0.39 is 10.0 Å². The zero-order valence-corrected chi connectivity index (χ0v) is 14.1. The molecule has 0 bridgehead atoms. The Kier molecular flexibility index (Phi) is 4.82. The topological polar surface area (TPSA) is 75.4 Å². The zero-order valence-electron chi connectivity index (χ0n) is 12.5. The third-order valence-electron chi connectivity index (χ3n) is 3.21. The number of thiazole rings is 1. The second kappa shape index (κ2) is 6.27. The molecule has 21 heavy (non-hydrogen) atoms. The predicted molar refractivity (Wildman–Crippen MR) is 81.7 cm³/mol. The van der Waals surface area contributed by atoms with Gasteiger partial charge in [0.25, 0.3) is 0 Å². The van der Waals surface area contributed by atoms with Crippen molar-refractivity contribution in [3.05, 3.63) is 33.7 Å². The largest absolute Gasteiger partial charge is 0.465 e. The van der Waals surface area contributed by atoms with Crippen LogP contribution in [0.1, 0.15) is 22.8 Å². The predicted octanol–water partition coefficient (Wildman–Crippen LogP) is 1.89. The summed E-state index contributed by atoms with van der Waals surface area (Å²) in [6.07, 6.45) is 0. The van der Waals surface area contributed by atoms with Crippen molar-refractivity contribution in [2.75, 3.05) is 14.1 Å². The standard InChI is InChI=1S/C13H19N3O3S2/c1-9-12(5-14-3)13(10(2)19-9)21(17,18)16(4)6-11-7-20-8-15-11/h7-8,14H,5-6H2,1-4H3. The summed E-state index contributed by atoms with van der Waals surface area (Å²) in [7, 11) is -0.283. The molecule has 0 fully saturated rings. The van der Waals surface area contributed by atoms with Gasteiger partial charge in [0.1, 0.15) is 16.4 Å². The Morgan fingerprint density at radius 1 is 1.38 bits per heavy atom. The van der Waals surface area contributed by atoms with E-state index in [9.17, 15) is 8.42 Å². The van der Waals surface area contributed by atoms with Gasteiger partial charge in [-0.25, -0.2) is 13.4 Å². The molecule has 0 spiro atoms. The van der Waals surface area contributed by atoms with Gasteiger partial charge in [-0.3, -0.25) is 0 Å². The summed E-state index contributed by atoms with van der Waals surface area (Å²) in [5, 5.41) is 4.82. The van der Waals surface area contributed by atoms with Crippen LogP contribution in [-0.4, -0.2) is 31.8 Å². The lowest BCUT2D eigenvalue weighted by atomic mass is 10.2. The minimum absolute atomic E-state index is 0.245. The van der Waals surface area contributed by atoms with Crippen molar-refractivity contribution in [2.24, 2.45) is 0 Å². The highest BCUT2D eigenvalue weighted by atomic mass is 32.2. The molecule has 2 heterocycles. The van der Waals surface area contributed by atoms with E-state index in [4.69, 9.17) is 4.42 Å². The van der Waals surface area contributed by atoms with Crippen molar-refractivity contribution >= 4 is 21.4 Å². The summed E-state index contributed by atoms with van der Waals surface area (Å²) in [4.78, 5) is 4.38. The minimum atomic E-state index is -3.61. The number of rotatable bonds is 6. The number of furan rings is 1. The van der Waals surface area contributed by atoms with E-state index in [2.05, 4.69) is 10.3 Å². The van der Waals surface area contributed by atoms with Gasteiger partial charge in [0.05, 0.1) is 17.7 Å². The first-order valence-corrected chi connectivity index (χ1v) is 8.83. The van der Waals surface area contributed by atoms with Crippen molar-refractivity contribution in [1.82, 2.24) is 14.6 Å². The molecule has 0 unspecified atom stereocenters. The summed E-state index contributed by atoms with van der Waals surface area (Å²) in [6, 6.07) is 0. The summed E-state index contributed by atoms with van der Waals surface area (Å²) < 4.78 is 32.4. The number of hydrogen-bond acceptors (Lipinski definition) is 6. The van der Waals surface area contributed by atoms with Gasteiger partial charge < -0.3 is 9.73 Å². The van der Waals surface area contributed by atoms with Crippen molar-refractivity contribution in [1.29, 1.82) is 0 Å². The Balaban J connectivity index is 2.39. The number of sulfonamides is 1. The van der Waals surface area contributed by atoms with Gasteiger partial charge >= 0.3 is 0 Å². The molecule has 0 aliphatic heterocycles. The number of hydrogen-bond donors (Lipinski definition) is 1. The molecule has 0 aliphatic carbocycles. The van der Waals surface area contributed by atoms with Crippen LogP contribution in [-0.2, 0) is 23.1 Å². The molecule has 2 aromatic rings. The van der Waals surface area contributed by atoms with E-state index in [-0.39, 0.29) is 11.4 Å². The summed E-state index contributed by atoms with van der Waals surface area (Å²) in [5.74, 6) is 1.05. The van der Waals surface area contributed by atoms with E-state index >= 15 is 0 Å². The van der Waals surface area contributed by atoms with E-state index in [1.54, 1.807) is 33.5 Å². The highest BCUT2D eigenvalue weighted by Gasteiger charge is 2.30. The maximum atomic E-state index is 12.8. The Hall–Kier alpha value is -1.22. The fraction of sp³-hybridized carbons (Fsp3) is 0.462. The second-order valence-electron chi connectivity index (χ2n) is 4.79. The van der Waals surface area contributed by atoms with Gasteiger partial charge in [-0.05, 0) is 20.9 Å². The van der Waals surface area contributed by atoms with Gasteiger partial charge in [0.15, 0.2) is 0 Å². The third kappa shape index (κ3) is 3.18. The molecular weight excluding hydrogens is 310 g/mol. The highest BCUT2D eigenvalue weighted by Crippen LogP contribution is 2.29. The van der Waals surface area contributed by atoms with Gasteiger partial charge in [0, 0.05) is 24.5 Å². The zero-order chi connectivity index (χ0) is 15.6. The smallest absolute Gasteiger partial charge is 0.246 e. The van der Waals surface area contributed by atoms with E-state index in [0.29, 0.717) is 23.6 Å². The first kappa shape index (κ1) is 16.2. The molecule has 0 radical (unpaired) electrons. The number of aromatic nitrogens is 1. The molecular formula is C13H19N3O3S2. The molecule has 2 rings (SSSR count). The van der Waals surface area contributed by atoms with Crippen LogP contribution in [0.25, 0.3) is 0 Å². The summed E-state index contributed by atoms with van der Waals surface area (Å²) in [6.45, 7) is 4.14. The third-order valence-corrected chi connectivity index (χ3v) is 5.85. The van der Waals surface area contributed by atoms with E-state index in [1.165, 1.54) is 15.6 Å². The lowest BCUT2D eigenvalue weighted by Gasteiger charge is -2.16. The fourth-order valence-electron chi connectivity index (χ4n) is 2.21. The first-order chi connectivity index (χ1) is 9.87. The quantitative estimate of drug-likeness (QED) is 0.876. The maximum Gasteiger partial charge on any atom is 0.246 e. The molecule has 8 heteroatoms. The Bertz CT molecular complexity index is 705. The molecule has 1 N–H and O–H groups in total. The first-order valence-electron chi connectivity index (χ1n) is 6.44. The monoisotopic (exact) mass is 329 g/mol. The van der Waals surface area contributed by atoms with Crippen LogP contribution in [0.15, 0.2) is 20.2 Å². The van der Waals surface area contributed by atoms with Crippen LogP contribution in [0.2, 0.25) is 0 Å². The van der Waals surface area contributed by atoms with Gasteiger partial charge in [0.2, 0.25) is 10.0 Å². The van der Waals surface area contributed by atoms with E-state index in [0.717, 1.165) is 5.69 Å². The average molecular weight is 329 g/mol. The minimum Gasteiger partial charge on any atom is -0.465 e. The summed E-state index contributed by atoms with van der Waals surface area (Å²) in [5.41, 5.74) is 3.11. The molecule has 0 aliphatic rings. The lowest BCUT2D eigenvalue weighted by Crippen LogP contribution is -2.28. The average Bonchev–Trinajstić information content (AvgIpc) is 2.99. The van der Waals surface area contributed by atoms with Crippen molar-refractivity contribution < 1.29 is 12.8 Å². The van der Waals surface area contributed by atoms with E-state index in [1.807, 2.05) is 5.38 Å². The maximum absolute atomic E-state index is 12.8. The Labute approximate surface area is 128 Å². The van der Waals surface area contributed by atoms with Gasteiger partial charge in [-0.15, -0.1) is 11.3 Å². The molecule has 116 valence electrons. The van der Waals surface area contributed by atoms with Crippen molar-refractivity contribution in [2.45, 2.75) is 31.8 Å².